The van der Waals surface area contributed by atoms with Crippen LogP contribution in [0.2, 0.25) is 0 Å². The number of hydrogen-bond donors (Lipinski definition) is 2. The predicted octanol–water partition coefficient (Wildman–Crippen LogP) is 1.69. The number of carbonyl (C=O) groups excluding carboxylic acids is 1. The first-order chi connectivity index (χ1) is 9.54. The van der Waals surface area contributed by atoms with Gasteiger partial charge in [0.2, 0.25) is 17.6 Å². The van der Waals surface area contributed by atoms with E-state index in [1.165, 1.54) is 11.3 Å². The number of amides is 1. The van der Waals surface area contributed by atoms with E-state index >= 15 is 0 Å². The Labute approximate surface area is 126 Å². The second-order valence-corrected chi connectivity index (χ2v) is 5.64. The van der Waals surface area contributed by atoms with E-state index in [4.69, 9.17) is 9.63 Å². The number of carboxylic acids is 1. The second-order valence-electron chi connectivity index (χ2n) is 3.81. The molecule has 0 fully saturated rings. The lowest BCUT2D eigenvalue weighted by Gasteiger charge is -1.99. The average molecular weight is 360 g/mol. The van der Waals surface area contributed by atoms with Crippen LogP contribution >= 0.6 is 27.3 Å². The first-order valence-electron chi connectivity index (χ1n) is 5.60. The number of carboxylic acid groups (broad SMARTS) is 1. The molecule has 0 bridgehead atoms. The smallest absolute Gasteiger partial charge is 0.322 e. The number of halogens is 1. The van der Waals surface area contributed by atoms with Crippen LogP contribution in [0.5, 0.6) is 0 Å². The van der Waals surface area contributed by atoms with Gasteiger partial charge in [-0.3, -0.25) is 9.59 Å². The van der Waals surface area contributed by atoms with Gasteiger partial charge in [-0.2, -0.15) is 4.98 Å². The Morgan fingerprint density at radius 1 is 1.50 bits per heavy atom. The molecule has 2 rings (SSSR count). The molecule has 2 N–H and O–H groups in total. The Morgan fingerprint density at radius 3 is 2.95 bits per heavy atom. The van der Waals surface area contributed by atoms with E-state index in [1.807, 2.05) is 11.4 Å². The Morgan fingerprint density at radius 2 is 2.30 bits per heavy atom. The van der Waals surface area contributed by atoms with Crippen molar-refractivity contribution in [3.05, 3.63) is 21.8 Å². The van der Waals surface area contributed by atoms with Gasteiger partial charge in [-0.1, -0.05) is 5.16 Å². The minimum absolute atomic E-state index is 0.100. The summed E-state index contributed by atoms with van der Waals surface area (Å²) in [5.74, 6) is -0.635. The Balaban J connectivity index is 1.87. The molecule has 0 saturated heterocycles. The van der Waals surface area contributed by atoms with Crippen molar-refractivity contribution in [2.75, 3.05) is 6.54 Å². The van der Waals surface area contributed by atoms with Crippen LogP contribution in [0.4, 0.5) is 0 Å². The van der Waals surface area contributed by atoms with Gasteiger partial charge in [0.1, 0.15) is 6.54 Å². The molecule has 2 aromatic rings. The zero-order chi connectivity index (χ0) is 14.5. The molecule has 0 spiro atoms. The topological polar surface area (TPSA) is 105 Å². The maximum absolute atomic E-state index is 11.3. The first-order valence-corrected chi connectivity index (χ1v) is 7.27. The van der Waals surface area contributed by atoms with Crippen molar-refractivity contribution in [1.29, 1.82) is 0 Å². The maximum Gasteiger partial charge on any atom is 0.322 e. The van der Waals surface area contributed by atoms with E-state index in [-0.39, 0.29) is 18.7 Å². The number of nitrogens with zero attached hydrogens (tertiary/aromatic N) is 2. The standard InChI is InChI=1S/C11H10BrN3O4S/c12-6-3-7(20-5-6)11-14-9(19-15-11)2-1-8(16)13-4-10(17)18/h3,5H,1-2,4H2,(H,13,16)(H,17,18). The van der Waals surface area contributed by atoms with Crippen molar-refractivity contribution in [3.8, 4) is 10.7 Å². The molecule has 0 unspecified atom stereocenters. The zero-order valence-electron chi connectivity index (χ0n) is 10.1. The highest BCUT2D eigenvalue weighted by molar-refractivity contribution is 9.10. The van der Waals surface area contributed by atoms with Crippen LogP contribution in [0.3, 0.4) is 0 Å². The summed E-state index contributed by atoms with van der Waals surface area (Å²) in [6, 6.07) is 1.87. The molecule has 0 atom stereocenters. The van der Waals surface area contributed by atoms with Crippen LogP contribution in [0.25, 0.3) is 10.7 Å². The number of thiophene rings is 1. The third kappa shape index (κ3) is 4.14. The molecule has 0 radical (unpaired) electrons. The zero-order valence-corrected chi connectivity index (χ0v) is 12.5. The molecule has 2 heterocycles. The van der Waals surface area contributed by atoms with E-state index < -0.39 is 12.5 Å². The molecule has 0 aliphatic rings. The van der Waals surface area contributed by atoms with E-state index in [0.29, 0.717) is 11.7 Å². The van der Waals surface area contributed by atoms with Gasteiger partial charge in [0, 0.05) is 22.7 Å². The predicted molar refractivity (Wildman–Crippen MR) is 74.3 cm³/mol. The fourth-order valence-corrected chi connectivity index (χ4v) is 2.72. The van der Waals surface area contributed by atoms with Crippen LogP contribution in [0.15, 0.2) is 20.4 Å². The minimum atomic E-state index is -1.08. The third-order valence-corrected chi connectivity index (χ3v) is 3.95. The van der Waals surface area contributed by atoms with Crippen LogP contribution < -0.4 is 5.32 Å². The van der Waals surface area contributed by atoms with Gasteiger partial charge in [-0.05, 0) is 22.0 Å². The number of nitrogens with one attached hydrogen (secondary N) is 1. The molecule has 1 amide bonds. The molecule has 0 aromatic carbocycles. The third-order valence-electron chi connectivity index (χ3n) is 2.26. The van der Waals surface area contributed by atoms with Crippen molar-refractivity contribution in [3.63, 3.8) is 0 Å². The van der Waals surface area contributed by atoms with Crippen molar-refractivity contribution in [2.24, 2.45) is 0 Å². The molecule has 0 aliphatic carbocycles. The molecule has 0 saturated carbocycles. The first kappa shape index (κ1) is 14.7. The molecule has 0 aliphatic heterocycles. The highest BCUT2D eigenvalue weighted by Crippen LogP contribution is 2.27. The number of aromatic nitrogens is 2. The quantitative estimate of drug-likeness (QED) is 0.812. The highest BCUT2D eigenvalue weighted by Gasteiger charge is 2.12. The molecule has 2 aromatic heterocycles. The highest BCUT2D eigenvalue weighted by atomic mass is 79.9. The van der Waals surface area contributed by atoms with Crippen molar-refractivity contribution < 1.29 is 19.2 Å². The van der Waals surface area contributed by atoms with Crippen LogP contribution in [0.1, 0.15) is 12.3 Å². The van der Waals surface area contributed by atoms with Gasteiger partial charge in [0.15, 0.2) is 0 Å². The summed E-state index contributed by atoms with van der Waals surface area (Å²) < 4.78 is 5.98. The fraction of sp³-hybridized carbons (Fsp3) is 0.273. The Bertz CT molecular complexity index is 625. The average Bonchev–Trinajstić information content (AvgIpc) is 3.02. The van der Waals surface area contributed by atoms with E-state index in [1.54, 1.807) is 0 Å². The van der Waals surface area contributed by atoms with Crippen LogP contribution in [-0.2, 0) is 16.0 Å². The summed E-state index contributed by atoms with van der Waals surface area (Å²) in [4.78, 5) is 26.7. The number of aliphatic carboxylic acids is 1. The lowest BCUT2D eigenvalue weighted by atomic mass is 10.3. The SMILES string of the molecule is O=C(O)CNC(=O)CCc1nc(-c2cc(Br)cs2)no1. The summed E-state index contributed by atoms with van der Waals surface area (Å²) in [5.41, 5.74) is 0. The normalized spacial score (nSPS) is 10.4. The number of rotatable bonds is 6. The Hall–Kier alpha value is -1.74. The van der Waals surface area contributed by atoms with Gasteiger partial charge >= 0.3 is 5.97 Å². The molecule has 7 nitrogen and oxygen atoms in total. The lowest BCUT2D eigenvalue weighted by molar-refractivity contribution is -0.137. The molecule has 20 heavy (non-hydrogen) atoms. The Kier molecular flexibility index (Phi) is 4.85. The largest absolute Gasteiger partial charge is 0.480 e. The van der Waals surface area contributed by atoms with Crippen molar-refractivity contribution >= 4 is 39.1 Å². The summed E-state index contributed by atoms with van der Waals surface area (Å²) in [7, 11) is 0. The van der Waals surface area contributed by atoms with Gasteiger partial charge in [-0.25, -0.2) is 0 Å². The van der Waals surface area contributed by atoms with Gasteiger partial charge < -0.3 is 14.9 Å². The summed E-state index contributed by atoms with van der Waals surface area (Å²) >= 11 is 4.81. The van der Waals surface area contributed by atoms with Crippen LogP contribution in [0, 0.1) is 0 Å². The molecular weight excluding hydrogens is 350 g/mol. The van der Waals surface area contributed by atoms with E-state index in [2.05, 4.69) is 31.4 Å². The van der Waals surface area contributed by atoms with Gasteiger partial charge in [0.05, 0.1) is 4.88 Å². The minimum Gasteiger partial charge on any atom is -0.480 e. The van der Waals surface area contributed by atoms with Gasteiger partial charge in [0.25, 0.3) is 0 Å². The maximum atomic E-state index is 11.3. The monoisotopic (exact) mass is 359 g/mol. The lowest BCUT2D eigenvalue weighted by Crippen LogP contribution is -2.29. The summed E-state index contributed by atoms with van der Waals surface area (Å²) in [5, 5.41) is 16.4. The second kappa shape index (κ2) is 6.62. The molecule has 9 heteroatoms. The van der Waals surface area contributed by atoms with Gasteiger partial charge in [-0.15, -0.1) is 11.3 Å². The molecule has 106 valence electrons. The molecular formula is C11H10BrN3O4S. The number of aryl methyl sites for hydroxylation is 1. The van der Waals surface area contributed by atoms with E-state index in [9.17, 15) is 9.59 Å². The van der Waals surface area contributed by atoms with Crippen molar-refractivity contribution in [2.45, 2.75) is 12.8 Å². The van der Waals surface area contributed by atoms with Crippen molar-refractivity contribution in [1.82, 2.24) is 15.5 Å². The number of hydrogen-bond acceptors (Lipinski definition) is 6. The number of carbonyl (C=O) groups is 2. The van der Waals surface area contributed by atoms with E-state index in [0.717, 1.165) is 9.35 Å². The summed E-state index contributed by atoms with van der Waals surface area (Å²) in [6.45, 7) is -0.392. The summed E-state index contributed by atoms with van der Waals surface area (Å²) in [6.07, 6.45) is 0.369. The van der Waals surface area contributed by atoms with Crippen LogP contribution in [-0.4, -0.2) is 33.7 Å². The fourth-order valence-electron chi connectivity index (χ4n) is 1.37.